The molecule has 20 heavy (non-hydrogen) atoms. The molecule has 0 aromatic heterocycles. The van der Waals surface area contributed by atoms with E-state index in [2.05, 4.69) is 5.32 Å². The van der Waals surface area contributed by atoms with E-state index in [1.54, 1.807) is 12.1 Å². The van der Waals surface area contributed by atoms with Gasteiger partial charge in [-0.05, 0) is 24.0 Å². The number of hydrogen-bond acceptors (Lipinski definition) is 3. The quantitative estimate of drug-likeness (QED) is 0.768. The number of hydrogen-bond donors (Lipinski definition) is 3. The fraction of sp³-hybridized carbons (Fsp3) is 0.467. The summed E-state index contributed by atoms with van der Waals surface area (Å²) in [7, 11) is 0. The summed E-state index contributed by atoms with van der Waals surface area (Å²) in [5, 5.41) is 21.4. The summed E-state index contributed by atoms with van der Waals surface area (Å²) in [4.78, 5) is 23.0. The maximum atomic E-state index is 12.0. The van der Waals surface area contributed by atoms with Gasteiger partial charge in [-0.3, -0.25) is 4.79 Å². The van der Waals surface area contributed by atoms with Gasteiger partial charge in [0.1, 0.15) is 0 Å². The normalized spacial score (nSPS) is 12.8. The number of aromatic carboxylic acids is 1. The highest BCUT2D eigenvalue weighted by Gasteiger charge is 2.19. The third kappa shape index (κ3) is 5.01. The number of nitrogens with one attached hydrogen (secondary N) is 1. The molecule has 110 valence electrons. The van der Waals surface area contributed by atoms with Crippen molar-refractivity contribution in [3.8, 4) is 0 Å². The minimum absolute atomic E-state index is 0.0386. The second kappa shape index (κ2) is 6.52. The summed E-state index contributed by atoms with van der Waals surface area (Å²) >= 11 is 0. The average Bonchev–Trinajstić information content (AvgIpc) is 2.33. The van der Waals surface area contributed by atoms with E-state index in [0.717, 1.165) is 0 Å². The third-order valence-corrected chi connectivity index (χ3v) is 2.75. The van der Waals surface area contributed by atoms with Crippen LogP contribution in [-0.2, 0) is 0 Å². The Morgan fingerprint density at radius 3 is 2.25 bits per heavy atom. The predicted octanol–water partition coefficient (Wildman–Crippen LogP) is 1.91. The number of carboxylic acids is 1. The maximum Gasteiger partial charge on any atom is 0.336 e. The van der Waals surface area contributed by atoms with Crippen LogP contribution < -0.4 is 5.32 Å². The first-order valence-corrected chi connectivity index (χ1v) is 6.49. The van der Waals surface area contributed by atoms with Crippen LogP contribution >= 0.6 is 0 Å². The van der Waals surface area contributed by atoms with Crippen molar-refractivity contribution in [2.75, 3.05) is 6.54 Å². The molecule has 0 aliphatic heterocycles. The van der Waals surface area contributed by atoms with Gasteiger partial charge in [-0.1, -0.05) is 32.9 Å². The highest BCUT2D eigenvalue weighted by molar-refractivity contribution is 6.04. The molecule has 1 aromatic rings. The smallest absolute Gasteiger partial charge is 0.336 e. The molecule has 0 heterocycles. The molecule has 5 nitrogen and oxygen atoms in total. The first-order chi connectivity index (χ1) is 9.20. The first-order valence-electron chi connectivity index (χ1n) is 6.49. The molecule has 0 saturated carbocycles. The van der Waals surface area contributed by atoms with Crippen molar-refractivity contribution in [1.82, 2.24) is 5.32 Å². The van der Waals surface area contributed by atoms with E-state index >= 15 is 0 Å². The second-order valence-corrected chi connectivity index (χ2v) is 5.98. The fourth-order valence-corrected chi connectivity index (χ4v) is 1.95. The van der Waals surface area contributed by atoms with Crippen molar-refractivity contribution < 1.29 is 19.8 Å². The van der Waals surface area contributed by atoms with Crippen LogP contribution in [0.25, 0.3) is 0 Å². The number of aliphatic hydroxyl groups is 1. The van der Waals surface area contributed by atoms with E-state index in [1.165, 1.54) is 12.1 Å². The van der Waals surface area contributed by atoms with E-state index in [-0.39, 0.29) is 23.1 Å². The van der Waals surface area contributed by atoms with Crippen LogP contribution in [0.3, 0.4) is 0 Å². The molecule has 0 aliphatic rings. The third-order valence-electron chi connectivity index (χ3n) is 2.75. The van der Waals surface area contributed by atoms with E-state index in [0.29, 0.717) is 6.42 Å². The Balaban J connectivity index is 2.66. The number of benzene rings is 1. The number of aliphatic hydroxyl groups excluding tert-OH is 1. The molecule has 0 saturated heterocycles. The van der Waals surface area contributed by atoms with Crippen LogP contribution in [0.2, 0.25) is 0 Å². The predicted molar refractivity (Wildman–Crippen MR) is 75.8 cm³/mol. The fourth-order valence-electron chi connectivity index (χ4n) is 1.95. The van der Waals surface area contributed by atoms with Gasteiger partial charge in [0.05, 0.1) is 17.2 Å². The van der Waals surface area contributed by atoms with E-state index in [4.69, 9.17) is 5.11 Å². The largest absolute Gasteiger partial charge is 0.478 e. The minimum Gasteiger partial charge on any atom is -0.478 e. The summed E-state index contributed by atoms with van der Waals surface area (Å²) in [6.07, 6.45) is -0.107. The Morgan fingerprint density at radius 1 is 1.20 bits per heavy atom. The second-order valence-electron chi connectivity index (χ2n) is 5.98. The molecule has 5 heteroatoms. The van der Waals surface area contributed by atoms with E-state index in [1.807, 2.05) is 20.8 Å². The van der Waals surface area contributed by atoms with Crippen molar-refractivity contribution in [2.45, 2.75) is 33.3 Å². The number of amides is 1. The van der Waals surface area contributed by atoms with Crippen LogP contribution in [0, 0.1) is 5.41 Å². The zero-order valence-electron chi connectivity index (χ0n) is 12.0. The van der Waals surface area contributed by atoms with Gasteiger partial charge >= 0.3 is 5.97 Å². The van der Waals surface area contributed by atoms with Crippen LogP contribution in [0.5, 0.6) is 0 Å². The van der Waals surface area contributed by atoms with Crippen LogP contribution in [0.1, 0.15) is 47.9 Å². The summed E-state index contributed by atoms with van der Waals surface area (Å²) in [6, 6.07) is 6.00. The standard InChI is InChI=1S/C15H21NO4/c1-15(2,3)8-10(17)9-16-13(18)11-6-4-5-7-12(11)14(19)20/h4-7,10,17H,8-9H2,1-3H3,(H,16,18)(H,19,20). The maximum absolute atomic E-state index is 12.0. The minimum atomic E-state index is -1.15. The Hall–Kier alpha value is -1.88. The van der Waals surface area contributed by atoms with Crippen LogP contribution in [-0.4, -0.2) is 34.7 Å². The summed E-state index contributed by atoms with van der Waals surface area (Å²) in [5.41, 5.74) is 0.0154. The molecule has 1 unspecified atom stereocenters. The summed E-state index contributed by atoms with van der Waals surface area (Å²) in [6.45, 7) is 6.09. The van der Waals surface area contributed by atoms with Crippen molar-refractivity contribution in [3.05, 3.63) is 35.4 Å². The Morgan fingerprint density at radius 2 is 1.75 bits per heavy atom. The molecule has 1 aromatic carbocycles. The molecule has 0 fully saturated rings. The topological polar surface area (TPSA) is 86.6 Å². The summed E-state index contributed by atoms with van der Waals surface area (Å²) in [5.74, 6) is -1.64. The van der Waals surface area contributed by atoms with Gasteiger partial charge in [-0.25, -0.2) is 4.79 Å². The number of carboxylic acid groups (broad SMARTS) is 1. The molecule has 0 aliphatic carbocycles. The van der Waals surface area contributed by atoms with Gasteiger partial charge in [0.2, 0.25) is 0 Å². The highest BCUT2D eigenvalue weighted by atomic mass is 16.4. The lowest BCUT2D eigenvalue weighted by atomic mass is 9.89. The van der Waals surface area contributed by atoms with Crippen molar-refractivity contribution in [3.63, 3.8) is 0 Å². The van der Waals surface area contributed by atoms with Gasteiger partial charge in [0.25, 0.3) is 5.91 Å². The van der Waals surface area contributed by atoms with Gasteiger partial charge in [0, 0.05) is 6.54 Å². The number of rotatable bonds is 5. The molecule has 3 N–H and O–H groups in total. The molecular formula is C15H21NO4. The first kappa shape index (κ1) is 16.2. The Labute approximate surface area is 118 Å². The van der Waals surface area contributed by atoms with E-state index in [9.17, 15) is 14.7 Å². The lowest BCUT2D eigenvalue weighted by Crippen LogP contribution is -2.34. The molecule has 0 spiro atoms. The highest BCUT2D eigenvalue weighted by Crippen LogP contribution is 2.20. The lowest BCUT2D eigenvalue weighted by Gasteiger charge is -2.22. The van der Waals surface area contributed by atoms with Crippen molar-refractivity contribution in [2.24, 2.45) is 5.41 Å². The van der Waals surface area contributed by atoms with Gasteiger partial charge in [-0.2, -0.15) is 0 Å². The van der Waals surface area contributed by atoms with Gasteiger partial charge in [0.15, 0.2) is 0 Å². The SMILES string of the molecule is CC(C)(C)CC(O)CNC(=O)c1ccccc1C(=O)O. The van der Waals surface area contributed by atoms with Crippen molar-refractivity contribution in [1.29, 1.82) is 0 Å². The molecular weight excluding hydrogens is 258 g/mol. The monoisotopic (exact) mass is 279 g/mol. The number of carbonyl (C=O) groups excluding carboxylic acids is 1. The molecule has 1 rings (SSSR count). The molecule has 0 bridgehead atoms. The van der Waals surface area contributed by atoms with Crippen LogP contribution in [0.15, 0.2) is 24.3 Å². The molecule has 0 radical (unpaired) electrons. The number of carbonyl (C=O) groups is 2. The molecule has 1 atom stereocenters. The zero-order chi connectivity index (χ0) is 15.3. The Kier molecular flexibility index (Phi) is 5.27. The average molecular weight is 279 g/mol. The Bertz CT molecular complexity index is 491. The van der Waals surface area contributed by atoms with E-state index < -0.39 is 18.0 Å². The molecule has 1 amide bonds. The summed E-state index contributed by atoms with van der Waals surface area (Å²) < 4.78 is 0. The van der Waals surface area contributed by atoms with Gasteiger partial charge < -0.3 is 15.5 Å². The van der Waals surface area contributed by atoms with Gasteiger partial charge in [-0.15, -0.1) is 0 Å². The lowest BCUT2D eigenvalue weighted by molar-refractivity contribution is 0.0690. The van der Waals surface area contributed by atoms with Crippen LogP contribution in [0.4, 0.5) is 0 Å². The van der Waals surface area contributed by atoms with Crippen molar-refractivity contribution >= 4 is 11.9 Å². The zero-order valence-corrected chi connectivity index (χ0v) is 12.0.